The van der Waals surface area contributed by atoms with Gasteiger partial charge in [0, 0.05) is 31.0 Å². The molecular weight excluding hydrogens is 570 g/mol. The van der Waals surface area contributed by atoms with Gasteiger partial charge in [0.15, 0.2) is 0 Å². The second-order valence-electron chi connectivity index (χ2n) is 12.2. The topological polar surface area (TPSA) is 99.6 Å². The van der Waals surface area contributed by atoms with Crippen LogP contribution in [0.15, 0.2) is 78.9 Å². The van der Waals surface area contributed by atoms with Crippen LogP contribution in [0, 0.1) is 11.8 Å². The molecule has 4 heterocycles. The number of aliphatic hydroxyl groups is 1. The van der Waals surface area contributed by atoms with Gasteiger partial charge < -0.3 is 29.3 Å². The summed E-state index contributed by atoms with van der Waals surface area (Å²) in [6.07, 6.45) is 9.42. The highest BCUT2D eigenvalue weighted by atomic mass is 16.6. The second-order valence-corrected chi connectivity index (χ2v) is 12.2. The Bertz CT molecular complexity index is 1470. The maximum Gasteiger partial charge on any atom is 0.313 e. The average Bonchev–Trinajstić information content (AvgIpc) is 3.44. The lowest BCUT2D eigenvalue weighted by Crippen LogP contribution is -2.57. The van der Waals surface area contributed by atoms with Crippen LogP contribution in [-0.4, -0.2) is 77.9 Å². The predicted octanol–water partition coefficient (Wildman–Crippen LogP) is 4.42. The largest absolute Gasteiger partial charge is 0.465 e. The molecule has 2 saturated heterocycles. The summed E-state index contributed by atoms with van der Waals surface area (Å²) in [5.41, 5.74) is -0.132. The van der Waals surface area contributed by atoms with E-state index in [1.807, 2.05) is 85.8 Å². The molecule has 0 radical (unpaired) electrons. The van der Waals surface area contributed by atoms with Crippen LogP contribution >= 0.6 is 0 Å². The number of cyclic esters (lactones) is 1. The van der Waals surface area contributed by atoms with Crippen molar-refractivity contribution in [3.05, 3.63) is 84.5 Å². The number of anilines is 2. The van der Waals surface area contributed by atoms with Gasteiger partial charge in [-0.05, 0) is 62.9 Å². The molecule has 6 rings (SSSR count). The molecule has 1 N–H and O–H groups in total. The molecule has 45 heavy (non-hydrogen) atoms. The van der Waals surface area contributed by atoms with Crippen molar-refractivity contribution in [1.29, 1.82) is 0 Å². The molecule has 9 heteroatoms. The zero-order valence-corrected chi connectivity index (χ0v) is 26.3. The maximum absolute atomic E-state index is 15.0. The van der Waals surface area contributed by atoms with Crippen molar-refractivity contribution in [2.75, 3.05) is 42.6 Å². The Morgan fingerprint density at radius 3 is 2.33 bits per heavy atom. The van der Waals surface area contributed by atoms with E-state index in [1.165, 1.54) is 4.90 Å². The van der Waals surface area contributed by atoms with Crippen molar-refractivity contribution < 1.29 is 29.0 Å². The highest BCUT2D eigenvalue weighted by Crippen LogP contribution is 2.59. The number of carbonyl (C=O) groups excluding carboxylic acids is 3. The van der Waals surface area contributed by atoms with Crippen LogP contribution in [0.3, 0.4) is 0 Å². The van der Waals surface area contributed by atoms with Gasteiger partial charge in [0.1, 0.15) is 23.2 Å². The van der Waals surface area contributed by atoms with Gasteiger partial charge in [-0.3, -0.25) is 14.4 Å². The number of fused-ring (bicyclic) bond motifs is 2. The zero-order chi connectivity index (χ0) is 31.8. The minimum absolute atomic E-state index is 0.246. The van der Waals surface area contributed by atoms with E-state index in [9.17, 15) is 19.5 Å². The Labute approximate surface area is 265 Å². The summed E-state index contributed by atoms with van der Waals surface area (Å²) in [5, 5.41) is 10.8. The Morgan fingerprint density at radius 1 is 0.933 bits per heavy atom. The monoisotopic (exact) mass is 613 g/mol. The van der Waals surface area contributed by atoms with Gasteiger partial charge in [0.05, 0.1) is 25.2 Å². The van der Waals surface area contributed by atoms with Crippen LogP contribution in [0.4, 0.5) is 11.4 Å². The van der Waals surface area contributed by atoms with E-state index >= 15 is 0 Å². The van der Waals surface area contributed by atoms with Crippen molar-refractivity contribution >= 4 is 29.2 Å². The fraction of sp³-hybridized carbons (Fsp3) is 0.472. The Kier molecular flexibility index (Phi) is 8.59. The van der Waals surface area contributed by atoms with Gasteiger partial charge in [-0.1, -0.05) is 61.6 Å². The predicted molar refractivity (Wildman–Crippen MR) is 172 cm³/mol. The van der Waals surface area contributed by atoms with E-state index in [0.29, 0.717) is 30.5 Å². The number of benzene rings is 2. The van der Waals surface area contributed by atoms with Crippen LogP contribution in [0.2, 0.25) is 0 Å². The number of esters is 1. The number of allylic oxidation sites excluding steroid dienone is 1. The highest BCUT2D eigenvalue weighted by molar-refractivity contribution is 6.06. The first-order valence-electron chi connectivity index (χ1n) is 16.2. The third-order valence-electron chi connectivity index (χ3n) is 10.1. The van der Waals surface area contributed by atoms with E-state index < -0.39 is 53.6 Å². The summed E-state index contributed by atoms with van der Waals surface area (Å²) < 4.78 is 12.8. The molecule has 2 amide bonds. The molecule has 6 atom stereocenters. The number of amides is 2. The van der Waals surface area contributed by atoms with Crippen molar-refractivity contribution in [3.63, 3.8) is 0 Å². The second kappa shape index (κ2) is 12.4. The Hall–Kier alpha value is -3.95. The molecule has 4 aliphatic rings. The van der Waals surface area contributed by atoms with Crippen LogP contribution < -0.4 is 9.80 Å². The van der Waals surface area contributed by atoms with Gasteiger partial charge in [0.2, 0.25) is 5.91 Å². The number of nitrogens with zero attached hydrogens (tertiary/aromatic N) is 3. The molecule has 238 valence electrons. The molecule has 0 bridgehead atoms. The van der Waals surface area contributed by atoms with E-state index in [4.69, 9.17) is 9.47 Å². The van der Waals surface area contributed by atoms with Crippen LogP contribution in [0.5, 0.6) is 0 Å². The fourth-order valence-corrected chi connectivity index (χ4v) is 7.84. The molecule has 1 spiro atoms. The first-order chi connectivity index (χ1) is 21.9. The van der Waals surface area contributed by atoms with Gasteiger partial charge in [-0.2, -0.15) is 0 Å². The van der Waals surface area contributed by atoms with E-state index in [0.717, 1.165) is 18.8 Å². The lowest BCUT2D eigenvalue weighted by Gasteiger charge is -2.41. The molecule has 2 aromatic carbocycles. The summed E-state index contributed by atoms with van der Waals surface area (Å²) in [5.74, 6) is -3.18. The summed E-state index contributed by atoms with van der Waals surface area (Å²) >= 11 is 0. The number of likely N-dealkylation sites (tertiary alicyclic amines) is 1. The van der Waals surface area contributed by atoms with Crippen LogP contribution in [0.1, 0.15) is 51.6 Å². The number of rotatable bonds is 8. The molecule has 0 aliphatic carbocycles. The van der Waals surface area contributed by atoms with Crippen molar-refractivity contribution in [1.82, 2.24) is 4.90 Å². The molecular formula is C36H43N3O6. The molecule has 1 unspecified atom stereocenters. The molecule has 2 aromatic rings. The molecule has 0 aromatic heterocycles. The van der Waals surface area contributed by atoms with Crippen molar-refractivity contribution in [2.45, 2.75) is 63.3 Å². The summed E-state index contributed by atoms with van der Waals surface area (Å²) in [7, 11) is 0. The summed E-state index contributed by atoms with van der Waals surface area (Å²) in [4.78, 5) is 49.0. The first kappa shape index (κ1) is 31.0. The van der Waals surface area contributed by atoms with Crippen molar-refractivity contribution in [2.24, 2.45) is 11.8 Å². The number of carbonyl (C=O) groups is 3. The molecule has 0 saturated carbocycles. The maximum atomic E-state index is 15.0. The lowest BCUT2D eigenvalue weighted by molar-refractivity contribution is -0.161. The van der Waals surface area contributed by atoms with Crippen LogP contribution in [0.25, 0.3) is 0 Å². The minimum atomic E-state index is -1.45. The lowest BCUT2D eigenvalue weighted by atomic mass is 9.73. The van der Waals surface area contributed by atoms with Gasteiger partial charge >= 0.3 is 5.97 Å². The van der Waals surface area contributed by atoms with E-state index in [-0.39, 0.29) is 19.1 Å². The molecule has 9 nitrogen and oxygen atoms in total. The van der Waals surface area contributed by atoms with E-state index in [2.05, 4.69) is 18.7 Å². The average molecular weight is 614 g/mol. The van der Waals surface area contributed by atoms with Gasteiger partial charge in [0.25, 0.3) is 5.91 Å². The Balaban J connectivity index is 1.50. The van der Waals surface area contributed by atoms with Crippen LogP contribution in [-0.2, 0) is 23.9 Å². The highest BCUT2D eigenvalue weighted by Gasteiger charge is 2.76. The smallest absolute Gasteiger partial charge is 0.313 e. The first-order valence-corrected chi connectivity index (χ1v) is 16.2. The standard InChI is InChI=1S/C36H43N3O6/c1-4-35-20-11-8-12-23-44-34(43)30(35)29-32(41)39(28(24-40)25-14-9-7-10-15-25)31-33(42)38(22-13-21-36(29,31)45-35)27-18-16-26(17-19-27)37(5-2)6-3/h7,9-11,13-21,28-31,40H,4-6,8,12,22-24H2,1-3H3/b20-11-/t28-,29+,30+,31?,35-,36+/m1/s1. The third-order valence-corrected chi connectivity index (χ3v) is 10.1. The van der Waals surface area contributed by atoms with Gasteiger partial charge in [-0.15, -0.1) is 0 Å². The normalized spacial score (nSPS) is 30.8. The molecule has 2 fully saturated rings. The number of hydrogen-bond donors (Lipinski definition) is 1. The number of hydrogen-bond acceptors (Lipinski definition) is 7. The third kappa shape index (κ3) is 4.97. The van der Waals surface area contributed by atoms with Gasteiger partial charge in [-0.25, -0.2) is 0 Å². The van der Waals surface area contributed by atoms with E-state index in [1.54, 1.807) is 4.90 Å². The molecule has 4 aliphatic heterocycles. The fourth-order valence-electron chi connectivity index (χ4n) is 7.84. The Morgan fingerprint density at radius 2 is 1.67 bits per heavy atom. The SMILES string of the molecule is CCN(CC)c1ccc(N2CC=C[C@]34O[C@]5(CC)/C=C\CCCOC(=O)[C@@H]5[C@H]3C(=O)N([C@H](CO)c3ccccc3)C4C2=O)cc1. The minimum Gasteiger partial charge on any atom is -0.465 e. The summed E-state index contributed by atoms with van der Waals surface area (Å²) in [6.45, 7) is 7.97. The number of aliphatic hydroxyl groups excluding tert-OH is 1. The number of ether oxygens (including phenoxy) is 2. The van der Waals surface area contributed by atoms with Crippen molar-refractivity contribution in [3.8, 4) is 0 Å². The zero-order valence-electron chi connectivity index (χ0n) is 26.3. The quantitative estimate of drug-likeness (QED) is 0.348. The summed E-state index contributed by atoms with van der Waals surface area (Å²) in [6, 6.07) is 15.1.